The fourth-order valence-corrected chi connectivity index (χ4v) is 5.42. The van der Waals surface area contributed by atoms with Gasteiger partial charge in [-0.2, -0.15) is 0 Å². The van der Waals surface area contributed by atoms with Crippen LogP contribution in [0.3, 0.4) is 0 Å². The van der Waals surface area contributed by atoms with E-state index in [9.17, 15) is 14.4 Å². The van der Waals surface area contributed by atoms with Crippen LogP contribution in [0.2, 0.25) is 0 Å². The van der Waals surface area contributed by atoms with Crippen LogP contribution in [-0.2, 0) is 22.7 Å². The summed E-state index contributed by atoms with van der Waals surface area (Å²) in [5, 5.41) is 9.57. The molecular formula is C23H31N5O3. The maximum absolute atomic E-state index is 13.0. The molecular weight excluding hydrogens is 394 g/mol. The van der Waals surface area contributed by atoms with Crippen LogP contribution in [0.1, 0.15) is 53.6 Å². The highest BCUT2D eigenvalue weighted by molar-refractivity contribution is 6.05. The Morgan fingerprint density at radius 1 is 1.13 bits per heavy atom. The van der Waals surface area contributed by atoms with Gasteiger partial charge in [0, 0.05) is 56.8 Å². The Morgan fingerprint density at radius 3 is 2.90 bits per heavy atom. The Balaban J connectivity index is 1.16. The van der Waals surface area contributed by atoms with Crippen molar-refractivity contribution in [3.8, 4) is 0 Å². The Labute approximate surface area is 182 Å². The number of hydrogen-bond acceptors (Lipinski definition) is 6. The van der Waals surface area contributed by atoms with Gasteiger partial charge >= 0.3 is 0 Å². The quantitative estimate of drug-likeness (QED) is 0.590. The topological polar surface area (TPSA) is 93.8 Å². The van der Waals surface area contributed by atoms with Gasteiger partial charge in [0.15, 0.2) is 0 Å². The summed E-state index contributed by atoms with van der Waals surface area (Å²) < 4.78 is 0. The third kappa shape index (κ3) is 4.24. The van der Waals surface area contributed by atoms with E-state index < -0.39 is 6.04 Å². The molecule has 3 fully saturated rings. The second-order valence-corrected chi connectivity index (χ2v) is 9.27. The molecule has 8 nitrogen and oxygen atoms in total. The molecule has 4 heterocycles. The molecule has 0 aliphatic carbocycles. The van der Waals surface area contributed by atoms with Gasteiger partial charge in [-0.15, -0.1) is 0 Å². The lowest BCUT2D eigenvalue weighted by atomic mass is 9.98. The normalized spacial score (nSPS) is 29.0. The summed E-state index contributed by atoms with van der Waals surface area (Å²) in [7, 11) is 0. The molecule has 3 amide bonds. The van der Waals surface area contributed by atoms with Crippen molar-refractivity contribution in [1.82, 2.24) is 25.8 Å². The largest absolute Gasteiger partial charge is 0.322 e. The molecule has 0 bridgehead atoms. The maximum Gasteiger partial charge on any atom is 0.255 e. The first kappa shape index (κ1) is 20.6. The molecule has 31 heavy (non-hydrogen) atoms. The first-order valence-corrected chi connectivity index (χ1v) is 11.5. The predicted molar refractivity (Wildman–Crippen MR) is 115 cm³/mol. The van der Waals surface area contributed by atoms with Crippen LogP contribution in [0.15, 0.2) is 18.2 Å². The van der Waals surface area contributed by atoms with Crippen LogP contribution in [-0.4, -0.2) is 71.8 Å². The van der Waals surface area contributed by atoms with Crippen LogP contribution in [0.25, 0.3) is 0 Å². The summed E-state index contributed by atoms with van der Waals surface area (Å²) in [6.45, 7) is 5.44. The van der Waals surface area contributed by atoms with Gasteiger partial charge in [-0.05, 0) is 43.0 Å². The summed E-state index contributed by atoms with van der Waals surface area (Å²) in [4.78, 5) is 40.8. The van der Waals surface area contributed by atoms with Crippen LogP contribution >= 0.6 is 0 Å². The number of benzene rings is 1. The van der Waals surface area contributed by atoms with Gasteiger partial charge in [0.1, 0.15) is 6.04 Å². The number of hydrogen-bond donors (Lipinski definition) is 3. The molecule has 0 aromatic heterocycles. The lowest BCUT2D eigenvalue weighted by Gasteiger charge is -2.43. The Kier molecular flexibility index (Phi) is 5.77. The second-order valence-electron chi connectivity index (χ2n) is 9.27. The molecule has 3 saturated heterocycles. The molecule has 0 spiro atoms. The van der Waals surface area contributed by atoms with E-state index in [1.54, 1.807) is 4.90 Å². The van der Waals surface area contributed by atoms with Gasteiger partial charge in [-0.25, -0.2) is 0 Å². The number of rotatable bonds is 5. The standard InChI is InChI=1S/C23H31N5O3/c29-21-7-6-20(22(30)26-21)28-13-16-5-4-15(9-19(16)23(28)31)10-24-11-17-14-27-8-2-1-3-18(27)12-25-17/h4-5,9,17-18,20,24-25H,1-3,6-8,10-14H2,(H,26,29,30). The molecule has 166 valence electrons. The van der Waals surface area contributed by atoms with Crippen LogP contribution in [0.4, 0.5) is 0 Å². The Bertz CT molecular complexity index is 888. The molecule has 3 unspecified atom stereocenters. The number of piperazine rings is 1. The molecule has 3 atom stereocenters. The summed E-state index contributed by atoms with van der Waals surface area (Å²) in [5.41, 5.74) is 2.70. The summed E-state index contributed by atoms with van der Waals surface area (Å²) >= 11 is 0. The highest BCUT2D eigenvalue weighted by Gasteiger charge is 2.39. The van der Waals surface area contributed by atoms with Crippen LogP contribution in [0.5, 0.6) is 0 Å². The monoisotopic (exact) mass is 425 g/mol. The lowest BCUT2D eigenvalue weighted by Crippen LogP contribution is -2.60. The van der Waals surface area contributed by atoms with Crippen molar-refractivity contribution in [1.29, 1.82) is 0 Å². The molecule has 5 rings (SSSR count). The molecule has 0 radical (unpaired) electrons. The molecule has 0 saturated carbocycles. The Morgan fingerprint density at radius 2 is 2.03 bits per heavy atom. The van der Waals surface area contributed by atoms with Crippen LogP contribution in [0, 0.1) is 0 Å². The zero-order valence-electron chi connectivity index (χ0n) is 17.9. The third-order valence-corrected chi connectivity index (χ3v) is 7.16. The second kappa shape index (κ2) is 8.68. The first-order chi connectivity index (χ1) is 15.1. The number of imide groups is 1. The number of piperidine rings is 2. The number of carbonyl (C=O) groups is 3. The summed E-state index contributed by atoms with van der Waals surface area (Å²) in [6.07, 6.45) is 4.65. The van der Waals surface area contributed by atoms with Gasteiger partial charge in [0.2, 0.25) is 11.8 Å². The van der Waals surface area contributed by atoms with Crippen molar-refractivity contribution in [2.75, 3.05) is 26.2 Å². The molecule has 4 aliphatic rings. The minimum atomic E-state index is -0.560. The minimum absolute atomic E-state index is 0.114. The summed E-state index contributed by atoms with van der Waals surface area (Å²) in [5.74, 6) is -0.742. The van der Waals surface area contributed by atoms with E-state index in [1.807, 2.05) is 12.1 Å². The van der Waals surface area contributed by atoms with E-state index >= 15 is 0 Å². The van der Waals surface area contributed by atoms with E-state index in [4.69, 9.17) is 0 Å². The SMILES string of the molecule is O=C1CCC(N2Cc3ccc(CNCC4CN5CCCCC5CN4)cc3C2=O)C(=O)N1. The van der Waals surface area contributed by atoms with Gasteiger partial charge in [-0.1, -0.05) is 18.6 Å². The minimum Gasteiger partial charge on any atom is -0.322 e. The summed E-state index contributed by atoms with van der Waals surface area (Å²) in [6, 6.07) is 6.60. The van der Waals surface area contributed by atoms with E-state index in [2.05, 4.69) is 26.9 Å². The lowest BCUT2D eigenvalue weighted by molar-refractivity contribution is -0.136. The smallest absolute Gasteiger partial charge is 0.255 e. The van der Waals surface area contributed by atoms with Crippen molar-refractivity contribution in [2.24, 2.45) is 0 Å². The number of amides is 3. The molecule has 4 aliphatic heterocycles. The van der Waals surface area contributed by atoms with Crippen molar-refractivity contribution < 1.29 is 14.4 Å². The maximum atomic E-state index is 13.0. The van der Waals surface area contributed by atoms with Crippen molar-refractivity contribution in [3.05, 3.63) is 34.9 Å². The number of nitrogens with zero attached hydrogens (tertiary/aromatic N) is 2. The average Bonchev–Trinajstić information content (AvgIpc) is 3.09. The predicted octanol–water partition coefficient (Wildman–Crippen LogP) is 0.364. The molecule has 3 N–H and O–H groups in total. The highest BCUT2D eigenvalue weighted by Crippen LogP contribution is 2.28. The third-order valence-electron chi connectivity index (χ3n) is 7.16. The van der Waals surface area contributed by atoms with Crippen molar-refractivity contribution in [3.63, 3.8) is 0 Å². The number of carbonyl (C=O) groups excluding carboxylic acids is 3. The van der Waals surface area contributed by atoms with Gasteiger partial charge in [-0.3, -0.25) is 24.6 Å². The zero-order chi connectivity index (χ0) is 21.4. The van der Waals surface area contributed by atoms with Crippen LogP contribution < -0.4 is 16.0 Å². The molecule has 1 aromatic carbocycles. The van der Waals surface area contributed by atoms with E-state index in [-0.39, 0.29) is 24.1 Å². The average molecular weight is 426 g/mol. The zero-order valence-corrected chi connectivity index (χ0v) is 17.9. The fourth-order valence-electron chi connectivity index (χ4n) is 5.42. The van der Waals surface area contributed by atoms with E-state index in [0.717, 1.165) is 30.8 Å². The number of fused-ring (bicyclic) bond motifs is 2. The van der Waals surface area contributed by atoms with Crippen molar-refractivity contribution in [2.45, 2.75) is 63.3 Å². The number of nitrogens with one attached hydrogen (secondary N) is 3. The van der Waals surface area contributed by atoms with Gasteiger partial charge in [0.05, 0.1) is 0 Å². The first-order valence-electron chi connectivity index (χ1n) is 11.5. The van der Waals surface area contributed by atoms with E-state index in [0.29, 0.717) is 37.2 Å². The van der Waals surface area contributed by atoms with Gasteiger partial charge < -0.3 is 15.5 Å². The Hall–Kier alpha value is -2.29. The highest BCUT2D eigenvalue weighted by atomic mass is 16.2. The molecule has 1 aromatic rings. The molecule has 8 heteroatoms. The fraction of sp³-hybridized carbons (Fsp3) is 0.609. The van der Waals surface area contributed by atoms with E-state index in [1.165, 1.54) is 25.8 Å². The van der Waals surface area contributed by atoms with Crippen molar-refractivity contribution >= 4 is 17.7 Å². The van der Waals surface area contributed by atoms with Gasteiger partial charge in [0.25, 0.3) is 5.91 Å².